The first kappa shape index (κ1) is 23.1. The number of amides is 1. The summed E-state index contributed by atoms with van der Waals surface area (Å²) in [5, 5.41) is 0.582. The van der Waals surface area contributed by atoms with Crippen LogP contribution in [0.4, 0.5) is 14.9 Å². The number of hydrogen-bond acceptors (Lipinski definition) is 5. The highest BCUT2D eigenvalue weighted by atomic mass is 32.1. The maximum absolute atomic E-state index is 15.4. The highest BCUT2D eigenvalue weighted by molar-refractivity contribution is 7.21. The Morgan fingerprint density at radius 1 is 1.06 bits per heavy atom. The van der Waals surface area contributed by atoms with Gasteiger partial charge in [0.05, 0.1) is 11.4 Å². The Morgan fingerprint density at radius 2 is 1.81 bits per heavy atom. The normalized spacial score (nSPS) is 16.7. The minimum Gasteiger partial charge on any atom is -0.443 e. The molecule has 0 N–H and O–H groups in total. The fourth-order valence-electron chi connectivity index (χ4n) is 4.71. The first-order valence-electron chi connectivity index (χ1n) is 12.4. The smallest absolute Gasteiger partial charge is 0.415 e. The third-order valence-corrected chi connectivity index (χ3v) is 7.78. The summed E-state index contributed by atoms with van der Waals surface area (Å²) in [6.45, 7) is 5.49. The molecular weight excluding hydrogens is 473 g/mol. The zero-order chi connectivity index (χ0) is 25.1. The highest BCUT2D eigenvalue weighted by Gasteiger charge is 2.47. The third kappa shape index (κ3) is 4.26. The van der Waals surface area contributed by atoms with E-state index in [9.17, 15) is 4.79 Å². The molecule has 2 aromatic carbocycles. The number of hydrogen-bond donors (Lipinski definition) is 0. The largest absolute Gasteiger partial charge is 0.443 e. The maximum Gasteiger partial charge on any atom is 0.415 e. The van der Waals surface area contributed by atoms with Crippen molar-refractivity contribution in [3.63, 3.8) is 0 Å². The van der Waals surface area contributed by atoms with Crippen molar-refractivity contribution in [2.75, 3.05) is 4.90 Å². The molecule has 2 aliphatic carbocycles. The van der Waals surface area contributed by atoms with Crippen LogP contribution in [0.1, 0.15) is 57.7 Å². The average Bonchev–Trinajstić information content (AvgIpc) is 3.76. The number of anilines is 1. The quantitative estimate of drug-likeness (QED) is 0.284. The Kier molecular flexibility index (Phi) is 5.37. The van der Waals surface area contributed by atoms with E-state index in [1.807, 2.05) is 32.9 Å². The molecule has 0 atom stereocenters. The molecule has 2 fully saturated rings. The first-order chi connectivity index (χ1) is 17.2. The van der Waals surface area contributed by atoms with E-state index >= 15 is 4.39 Å². The lowest BCUT2D eigenvalue weighted by Gasteiger charge is -2.27. The van der Waals surface area contributed by atoms with Gasteiger partial charge in [-0.15, -0.1) is 0 Å². The Hall–Kier alpha value is -3.32. The molecule has 1 amide bonds. The van der Waals surface area contributed by atoms with Gasteiger partial charge in [0.15, 0.2) is 0 Å². The van der Waals surface area contributed by atoms with Gasteiger partial charge in [0.25, 0.3) is 0 Å². The van der Waals surface area contributed by atoms with Gasteiger partial charge in [-0.3, -0.25) is 4.90 Å². The number of benzene rings is 2. The zero-order valence-corrected chi connectivity index (χ0v) is 21.4. The molecule has 4 aromatic rings. The molecule has 2 heterocycles. The van der Waals surface area contributed by atoms with Crippen LogP contribution in [0, 0.1) is 5.82 Å². The average molecular weight is 502 g/mol. The van der Waals surface area contributed by atoms with Gasteiger partial charge < -0.3 is 4.74 Å². The van der Waals surface area contributed by atoms with Gasteiger partial charge in [0.2, 0.25) is 0 Å². The molecule has 0 aliphatic heterocycles. The summed E-state index contributed by atoms with van der Waals surface area (Å²) in [7, 11) is 0. The van der Waals surface area contributed by atoms with Crippen molar-refractivity contribution in [3.05, 3.63) is 77.7 Å². The molecule has 0 spiro atoms. The van der Waals surface area contributed by atoms with E-state index in [1.165, 1.54) is 23.0 Å². The maximum atomic E-state index is 15.4. The number of nitrogens with zero attached hydrogens (tertiary/aromatic N) is 3. The van der Waals surface area contributed by atoms with Crippen LogP contribution in [0.2, 0.25) is 0 Å². The lowest BCUT2D eigenvalue weighted by Crippen LogP contribution is -2.38. The Balaban J connectivity index is 1.30. The molecule has 0 unspecified atom stereocenters. The summed E-state index contributed by atoms with van der Waals surface area (Å²) >= 11 is 1.40. The van der Waals surface area contributed by atoms with Crippen LogP contribution in [0.5, 0.6) is 0 Å². The van der Waals surface area contributed by atoms with E-state index in [-0.39, 0.29) is 11.5 Å². The van der Waals surface area contributed by atoms with Gasteiger partial charge in [-0.1, -0.05) is 41.7 Å². The van der Waals surface area contributed by atoms with Crippen LogP contribution in [-0.2, 0) is 10.2 Å². The number of carbonyl (C=O) groups excluding carboxylic acids is 1. The van der Waals surface area contributed by atoms with E-state index in [0.717, 1.165) is 41.7 Å². The number of aromatic nitrogens is 2. The number of thiazole rings is 1. The molecule has 36 heavy (non-hydrogen) atoms. The van der Waals surface area contributed by atoms with Crippen molar-refractivity contribution in [2.45, 2.75) is 63.5 Å². The molecule has 2 aliphatic rings. The second kappa shape index (κ2) is 8.37. The van der Waals surface area contributed by atoms with E-state index < -0.39 is 17.5 Å². The summed E-state index contributed by atoms with van der Waals surface area (Å²) in [5.74, 6) is -0.413. The standard InChI is InChI=1S/C29H28FN3O2S/c1-28(2,3)35-27(34)33(19-9-10-19)20-11-12-21(22(30)17-20)25-31-23-13-14-24(32-26(23)36-25)29(15-16-29)18-7-5-4-6-8-18/h4-8,11-14,17,19H,9-10,15-16H2,1-3H3. The summed E-state index contributed by atoms with van der Waals surface area (Å²) in [5.41, 5.74) is 3.37. The second-order valence-corrected chi connectivity index (χ2v) is 11.7. The Bertz CT molecular complexity index is 1450. The van der Waals surface area contributed by atoms with Crippen molar-refractivity contribution < 1.29 is 13.9 Å². The predicted octanol–water partition coefficient (Wildman–Crippen LogP) is 7.48. The van der Waals surface area contributed by atoms with Crippen molar-refractivity contribution >= 4 is 33.5 Å². The summed E-state index contributed by atoms with van der Waals surface area (Å²) in [6, 6.07) is 19.5. The van der Waals surface area contributed by atoms with E-state index in [0.29, 0.717) is 16.3 Å². The van der Waals surface area contributed by atoms with Gasteiger partial charge in [0, 0.05) is 17.0 Å². The molecule has 2 aromatic heterocycles. The van der Waals surface area contributed by atoms with Crippen LogP contribution < -0.4 is 4.90 Å². The molecule has 184 valence electrons. The first-order valence-corrected chi connectivity index (χ1v) is 13.2. The van der Waals surface area contributed by atoms with Crippen molar-refractivity contribution in [2.24, 2.45) is 0 Å². The molecular formula is C29H28FN3O2S. The van der Waals surface area contributed by atoms with E-state index in [2.05, 4.69) is 35.3 Å². The molecule has 0 bridgehead atoms. The van der Waals surface area contributed by atoms with Gasteiger partial charge in [-0.2, -0.15) is 0 Å². The van der Waals surface area contributed by atoms with Crippen LogP contribution in [0.25, 0.3) is 20.9 Å². The van der Waals surface area contributed by atoms with Gasteiger partial charge in [0.1, 0.15) is 26.8 Å². The summed E-state index contributed by atoms with van der Waals surface area (Å²) in [4.78, 5) is 24.8. The molecule has 0 radical (unpaired) electrons. The summed E-state index contributed by atoms with van der Waals surface area (Å²) < 4.78 is 20.9. The molecule has 0 saturated heterocycles. The molecule has 2 saturated carbocycles. The SMILES string of the molecule is CC(C)(C)OC(=O)N(c1ccc(-c2nc3ccc(C4(c5ccccc5)CC4)nc3s2)c(F)c1)C1CC1. The van der Waals surface area contributed by atoms with Crippen molar-refractivity contribution in [3.8, 4) is 10.6 Å². The van der Waals surface area contributed by atoms with Crippen LogP contribution in [-0.4, -0.2) is 27.7 Å². The van der Waals surface area contributed by atoms with Gasteiger partial charge in [-0.05, 0) is 82.3 Å². The number of rotatable bonds is 5. The molecule has 6 rings (SSSR count). The Labute approximate surface area is 214 Å². The molecule has 5 nitrogen and oxygen atoms in total. The van der Waals surface area contributed by atoms with Crippen molar-refractivity contribution in [1.29, 1.82) is 0 Å². The number of pyridine rings is 1. The zero-order valence-electron chi connectivity index (χ0n) is 20.6. The predicted molar refractivity (Wildman–Crippen MR) is 141 cm³/mol. The number of ether oxygens (including phenoxy) is 1. The topological polar surface area (TPSA) is 55.3 Å². The van der Waals surface area contributed by atoms with E-state index in [1.54, 1.807) is 17.0 Å². The highest BCUT2D eigenvalue weighted by Crippen LogP contribution is 2.53. The molecule has 7 heteroatoms. The summed E-state index contributed by atoms with van der Waals surface area (Å²) in [6.07, 6.45) is 3.48. The van der Waals surface area contributed by atoms with Gasteiger partial charge >= 0.3 is 6.09 Å². The lowest BCUT2D eigenvalue weighted by molar-refractivity contribution is 0.0577. The van der Waals surface area contributed by atoms with Crippen LogP contribution in [0.15, 0.2) is 60.7 Å². The van der Waals surface area contributed by atoms with Crippen LogP contribution in [0.3, 0.4) is 0 Å². The monoisotopic (exact) mass is 501 g/mol. The number of carbonyl (C=O) groups is 1. The Morgan fingerprint density at radius 3 is 2.44 bits per heavy atom. The second-order valence-electron chi connectivity index (χ2n) is 10.7. The van der Waals surface area contributed by atoms with Crippen molar-refractivity contribution in [1.82, 2.24) is 9.97 Å². The minimum atomic E-state index is -0.616. The minimum absolute atomic E-state index is 0.0273. The fraction of sp³-hybridized carbons (Fsp3) is 0.345. The van der Waals surface area contributed by atoms with Gasteiger partial charge in [-0.25, -0.2) is 19.2 Å². The third-order valence-electron chi connectivity index (χ3n) is 6.79. The van der Waals surface area contributed by atoms with E-state index in [4.69, 9.17) is 9.72 Å². The number of halogens is 1. The van der Waals surface area contributed by atoms with Crippen LogP contribution >= 0.6 is 11.3 Å². The lowest BCUT2D eigenvalue weighted by atomic mass is 9.92. The fourth-order valence-corrected chi connectivity index (χ4v) is 5.68. The number of fused-ring (bicyclic) bond motifs is 1.